The first-order chi connectivity index (χ1) is 14.1. The van der Waals surface area contributed by atoms with Crippen molar-refractivity contribution in [3.63, 3.8) is 0 Å². The number of imidazole rings is 1. The molecule has 1 aliphatic carbocycles. The van der Waals surface area contributed by atoms with Gasteiger partial charge in [-0.2, -0.15) is 0 Å². The van der Waals surface area contributed by atoms with Gasteiger partial charge < -0.3 is 19.1 Å². The fourth-order valence-electron chi connectivity index (χ4n) is 4.45. The van der Waals surface area contributed by atoms with E-state index in [1.807, 2.05) is 42.2 Å². The fraction of sp³-hybridized carbons (Fsp3) is 0.304. The Balaban J connectivity index is 1.39. The van der Waals surface area contributed by atoms with Crippen molar-refractivity contribution in [2.24, 2.45) is 7.05 Å². The third-order valence-electron chi connectivity index (χ3n) is 5.84. The number of hydrogen-bond acceptors (Lipinski definition) is 4. The van der Waals surface area contributed by atoms with E-state index in [2.05, 4.69) is 23.2 Å². The van der Waals surface area contributed by atoms with Crippen LogP contribution in [0.25, 0.3) is 11.4 Å². The first-order valence-corrected chi connectivity index (χ1v) is 9.85. The van der Waals surface area contributed by atoms with Crippen LogP contribution in [0.2, 0.25) is 0 Å². The number of aromatic nitrogens is 2. The zero-order chi connectivity index (χ0) is 20.0. The Hall–Kier alpha value is -3.28. The lowest BCUT2D eigenvalue weighted by atomic mass is 9.98. The Kier molecular flexibility index (Phi) is 4.27. The highest BCUT2D eigenvalue weighted by molar-refractivity contribution is 5.69. The molecule has 0 fully saturated rings. The molecule has 1 aromatic heterocycles. The molecule has 6 nitrogen and oxygen atoms in total. The number of hydrogen-bond donors (Lipinski definition) is 1. The number of carbonyl (C=O) groups is 1. The molecule has 29 heavy (non-hydrogen) atoms. The summed E-state index contributed by atoms with van der Waals surface area (Å²) in [5.41, 5.74) is 4.61. The normalized spacial score (nSPS) is 19.5. The zero-order valence-corrected chi connectivity index (χ0v) is 16.2. The molecule has 2 atom stereocenters. The van der Waals surface area contributed by atoms with Crippen molar-refractivity contribution in [2.45, 2.75) is 31.3 Å². The number of carboxylic acids is 1. The van der Waals surface area contributed by atoms with Gasteiger partial charge in [-0.3, -0.25) is 4.79 Å². The summed E-state index contributed by atoms with van der Waals surface area (Å²) >= 11 is 0. The Bertz CT molecular complexity index is 1090. The van der Waals surface area contributed by atoms with Crippen LogP contribution in [0.3, 0.4) is 0 Å². The van der Waals surface area contributed by atoms with E-state index in [0.717, 1.165) is 41.3 Å². The van der Waals surface area contributed by atoms with E-state index in [1.165, 1.54) is 11.1 Å². The molecule has 148 valence electrons. The summed E-state index contributed by atoms with van der Waals surface area (Å²) < 4.78 is 14.1. The van der Waals surface area contributed by atoms with E-state index in [-0.39, 0.29) is 18.4 Å². The van der Waals surface area contributed by atoms with E-state index in [0.29, 0.717) is 6.61 Å². The molecule has 1 N–H and O–H groups in total. The second kappa shape index (κ2) is 6.95. The highest BCUT2D eigenvalue weighted by atomic mass is 16.5. The molecular formula is C23H22N2O4. The quantitative estimate of drug-likeness (QED) is 0.710. The van der Waals surface area contributed by atoms with Crippen molar-refractivity contribution in [1.29, 1.82) is 0 Å². The predicted octanol–water partition coefficient (Wildman–Crippen LogP) is 4.10. The van der Waals surface area contributed by atoms with Crippen LogP contribution in [0.1, 0.15) is 41.6 Å². The maximum absolute atomic E-state index is 11.0. The highest BCUT2D eigenvalue weighted by Crippen LogP contribution is 2.42. The molecule has 0 radical (unpaired) electrons. The number of benzene rings is 2. The van der Waals surface area contributed by atoms with Crippen molar-refractivity contribution < 1.29 is 19.4 Å². The van der Waals surface area contributed by atoms with Gasteiger partial charge in [0.15, 0.2) is 0 Å². The van der Waals surface area contributed by atoms with Crippen LogP contribution in [0, 0.1) is 0 Å². The largest absolute Gasteiger partial charge is 0.492 e. The third-order valence-corrected chi connectivity index (χ3v) is 5.84. The first kappa shape index (κ1) is 17.8. The van der Waals surface area contributed by atoms with Crippen LogP contribution in [0.15, 0.2) is 48.8 Å². The number of aliphatic carboxylic acids is 1. The molecule has 2 aliphatic rings. The lowest BCUT2D eigenvalue weighted by Crippen LogP contribution is -2.07. The van der Waals surface area contributed by atoms with Crippen molar-refractivity contribution in [2.75, 3.05) is 6.61 Å². The zero-order valence-electron chi connectivity index (χ0n) is 16.2. The molecule has 1 unspecified atom stereocenters. The van der Waals surface area contributed by atoms with Crippen LogP contribution >= 0.6 is 0 Å². The molecule has 0 amide bonds. The fourth-order valence-corrected chi connectivity index (χ4v) is 4.45. The number of carboxylic acid groups (broad SMARTS) is 1. The van der Waals surface area contributed by atoms with E-state index < -0.39 is 5.97 Å². The van der Waals surface area contributed by atoms with E-state index >= 15 is 0 Å². The Morgan fingerprint density at radius 3 is 3.00 bits per heavy atom. The van der Waals surface area contributed by atoms with Gasteiger partial charge in [0.05, 0.1) is 13.0 Å². The van der Waals surface area contributed by atoms with Gasteiger partial charge in [0.25, 0.3) is 0 Å². The maximum atomic E-state index is 11.0. The molecule has 0 saturated heterocycles. The molecular weight excluding hydrogens is 368 g/mol. The standard InChI is InChI=1S/C23H22N2O4/c1-25-10-9-24-23(25)19-4-2-3-18-17(19)7-8-20(18)29-15-5-6-16-14(11-22(26)27)13-28-21(16)12-15/h2-6,9-10,12,14,20H,7-8,11,13H2,1H3,(H,26,27)/t14?,20-/m1/s1. The monoisotopic (exact) mass is 390 g/mol. The van der Waals surface area contributed by atoms with Crippen LogP contribution in [-0.2, 0) is 18.3 Å². The van der Waals surface area contributed by atoms with Crippen molar-refractivity contribution >= 4 is 5.97 Å². The minimum Gasteiger partial charge on any atom is -0.492 e. The van der Waals surface area contributed by atoms with E-state index in [4.69, 9.17) is 14.6 Å². The molecule has 2 aromatic carbocycles. The minimum atomic E-state index is -0.808. The second-order valence-corrected chi connectivity index (χ2v) is 7.69. The molecule has 0 bridgehead atoms. The van der Waals surface area contributed by atoms with E-state index in [9.17, 15) is 4.79 Å². The van der Waals surface area contributed by atoms with Crippen molar-refractivity contribution in [3.8, 4) is 22.9 Å². The first-order valence-electron chi connectivity index (χ1n) is 9.85. The number of rotatable bonds is 5. The van der Waals surface area contributed by atoms with Crippen LogP contribution in [0.4, 0.5) is 0 Å². The lowest BCUT2D eigenvalue weighted by molar-refractivity contribution is -0.137. The average Bonchev–Trinajstić information content (AvgIpc) is 3.41. The summed E-state index contributed by atoms with van der Waals surface area (Å²) in [6, 6.07) is 12.1. The molecule has 0 spiro atoms. The minimum absolute atomic E-state index is 0.0144. The highest BCUT2D eigenvalue weighted by Gasteiger charge is 2.29. The Labute approximate surface area is 168 Å². The smallest absolute Gasteiger partial charge is 0.304 e. The van der Waals surface area contributed by atoms with Gasteiger partial charge in [0, 0.05) is 42.6 Å². The number of aryl methyl sites for hydroxylation is 1. The average molecular weight is 390 g/mol. The van der Waals surface area contributed by atoms with Crippen molar-refractivity contribution in [3.05, 3.63) is 65.5 Å². The summed E-state index contributed by atoms with van der Waals surface area (Å²) in [5.74, 6) is 1.55. The van der Waals surface area contributed by atoms with E-state index in [1.54, 1.807) is 0 Å². The van der Waals surface area contributed by atoms with Gasteiger partial charge in [0.1, 0.15) is 23.4 Å². The van der Waals surface area contributed by atoms with Gasteiger partial charge in [-0.15, -0.1) is 0 Å². The summed E-state index contributed by atoms with van der Waals surface area (Å²) in [5, 5.41) is 9.06. The summed E-state index contributed by atoms with van der Waals surface area (Å²) in [4.78, 5) is 15.5. The topological polar surface area (TPSA) is 73.6 Å². The molecule has 6 heteroatoms. The second-order valence-electron chi connectivity index (χ2n) is 7.69. The Morgan fingerprint density at radius 1 is 1.31 bits per heavy atom. The number of fused-ring (bicyclic) bond motifs is 2. The molecule has 1 aliphatic heterocycles. The Morgan fingerprint density at radius 2 is 2.21 bits per heavy atom. The molecule has 5 rings (SSSR count). The van der Waals surface area contributed by atoms with Crippen LogP contribution in [-0.4, -0.2) is 27.2 Å². The van der Waals surface area contributed by atoms with Gasteiger partial charge in [-0.05, 0) is 30.0 Å². The molecule has 2 heterocycles. The van der Waals surface area contributed by atoms with Gasteiger partial charge in [-0.1, -0.05) is 24.3 Å². The van der Waals surface area contributed by atoms with Crippen LogP contribution in [0.5, 0.6) is 11.5 Å². The summed E-state index contributed by atoms with van der Waals surface area (Å²) in [6.45, 7) is 0.407. The predicted molar refractivity (Wildman–Crippen MR) is 107 cm³/mol. The van der Waals surface area contributed by atoms with Gasteiger partial charge >= 0.3 is 5.97 Å². The van der Waals surface area contributed by atoms with Crippen LogP contribution < -0.4 is 9.47 Å². The summed E-state index contributed by atoms with van der Waals surface area (Å²) in [6.07, 6.45) is 5.71. The summed E-state index contributed by atoms with van der Waals surface area (Å²) in [7, 11) is 2.01. The molecule has 0 saturated carbocycles. The van der Waals surface area contributed by atoms with Gasteiger partial charge in [-0.25, -0.2) is 4.98 Å². The maximum Gasteiger partial charge on any atom is 0.304 e. The SMILES string of the molecule is Cn1ccnc1-c1cccc2c1CC[C@H]2Oc1ccc2c(c1)OCC2CC(=O)O. The number of ether oxygens (including phenoxy) is 2. The molecule has 3 aromatic rings. The lowest BCUT2D eigenvalue weighted by Gasteiger charge is -2.16. The van der Waals surface area contributed by atoms with Crippen molar-refractivity contribution in [1.82, 2.24) is 9.55 Å². The third kappa shape index (κ3) is 3.14. The van der Waals surface area contributed by atoms with Gasteiger partial charge in [0.2, 0.25) is 0 Å². The number of nitrogens with zero attached hydrogens (tertiary/aromatic N) is 2.